The Bertz CT molecular complexity index is 84.2. The van der Waals surface area contributed by atoms with Crippen molar-refractivity contribution in [2.45, 2.75) is 31.8 Å². The maximum Gasteiger partial charge on any atom is 0.00761 e. The van der Waals surface area contributed by atoms with E-state index in [0.717, 1.165) is 18.0 Å². The van der Waals surface area contributed by atoms with Crippen molar-refractivity contribution in [1.29, 1.82) is 0 Å². The first kappa shape index (κ1) is 3.90. The molecule has 3 fully saturated rings. The molecule has 2 heterocycles. The van der Waals surface area contributed by atoms with Gasteiger partial charge in [0.25, 0.3) is 0 Å². The summed E-state index contributed by atoms with van der Waals surface area (Å²) in [5.74, 6) is 1.05. The highest BCUT2D eigenvalue weighted by Gasteiger charge is 2.40. The first-order chi connectivity index (χ1) is 3.36. The molecule has 0 amide bonds. The minimum absolute atomic E-state index is 0.838. The molecule has 1 unspecified atom stereocenters. The smallest absolute Gasteiger partial charge is 0.00761 e. The fourth-order valence-corrected chi connectivity index (χ4v) is 1.71. The molecular formula is C6H11N. The van der Waals surface area contributed by atoms with Crippen molar-refractivity contribution in [2.24, 2.45) is 5.92 Å². The van der Waals surface area contributed by atoms with Crippen molar-refractivity contribution in [2.75, 3.05) is 0 Å². The average Bonchev–Trinajstić information content (AvgIpc) is 1.85. The van der Waals surface area contributed by atoms with Gasteiger partial charge < -0.3 is 5.32 Å². The van der Waals surface area contributed by atoms with Gasteiger partial charge in [0.2, 0.25) is 0 Å². The molecule has 2 bridgehead atoms. The molecule has 1 saturated carbocycles. The van der Waals surface area contributed by atoms with E-state index in [0.29, 0.717) is 0 Å². The molecule has 1 N–H and O–H groups in total. The molecule has 2 saturated heterocycles. The van der Waals surface area contributed by atoms with Crippen LogP contribution in [0.15, 0.2) is 0 Å². The maximum atomic E-state index is 3.49. The van der Waals surface area contributed by atoms with E-state index in [9.17, 15) is 0 Å². The van der Waals surface area contributed by atoms with E-state index in [1.807, 2.05) is 0 Å². The van der Waals surface area contributed by atoms with Gasteiger partial charge in [0, 0.05) is 12.1 Å². The first-order valence-electron chi connectivity index (χ1n) is 3.12. The van der Waals surface area contributed by atoms with Crippen molar-refractivity contribution >= 4 is 0 Å². The van der Waals surface area contributed by atoms with Crippen LogP contribution >= 0.6 is 0 Å². The summed E-state index contributed by atoms with van der Waals surface area (Å²) in [6.07, 6.45) is 2.92. The molecule has 0 radical (unpaired) electrons. The van der Waals surface area contributed by atoms with Gasteiger partial charge in [-0.3, -0.25) is 0 Å². The zero-order valence-corrected chi connectivity index (χ0v) is 4.65. The molecule has 3 aliphatic rings. The second kappa shape index (κ2) is 1.03. The van der Waals surface area contributed by atoms with Gasteiger partial charge in [-0.2, -0.15) is 0 Å². The number of nitrogens with one attached hydrogen (secondary N) is 1. The molecular weight excluding hydrogens is 86.1 g/mol. The molecule has 3 rings (SSSR count). The molecule has 1 aliphatic carbocycles. The molecule has 1 nitrogen and oxygen atoms in total. The van der Waals surface area contributed by atoms with Gasteiger partial charge in [0.15, 0.2) is 0 Å². The zero-order valence-electron chi connectivity index (χ0n) is 4.65. The topological polar surface area (TPSA) is 12.0 Å². The van der Waals surface area contributed by atoms with Crippen LogP contribution in [0.3, 0.4) is 0 Å². The lowest BCUT2D eigenvalue weighted by Gasteiger charge is -2.20. The average molecular weight is 97.2 g/mol. The third kappa shape index (κ3) is 0.367. The van der Waals surface area contributed by atoms with E-state index >= 15 is 0 Å². The molecule has 1 heteroatoms. The number of hydrogen-bond donors (Lipinski definition) is 1. The van der Waals surface area contributed by atoms with Crippen LogP contribution in [-0.2, 0) is 0 Å². The normalized spacial score (nSPS) is 57.0. The summed E-state index contributed by atoms with van der Waals surface area (Å²) in [6.45, 7) is 2.29. The second-order valence-corrected chi connectivity index (χ2v) is 2.88. The van der Waals surface area contributed by atoms with E-state index in [-0.39, 0.29) is 0 Å². The summed E-state index contributed by atoms with van der Waals surface area (Å²) >= 11 is 0. The van der Waals surface area contributed by atoms with E-state index in [1.165, 1.54) is 12.8 Å². The summed E-state index contributed by atoms with van der Waals surface area (Å²) in [6, 6.07) is 1.75. The quantitative estimate of drug-likeness (QED) is 0.470. The standard InChI is InChI=1S/C6H11N/c1-4-5-2-6(3-5)7-4/h4-7H,2-3H2,1H3. The molecule has 7 heavy (non-hydrogen) atoms. The van der Waals surface area contributed by atoms with Crippen molar-refractivity contribution in [3.05, 3.63) is 0 Å². The number of hydrogen-bond acceptors (Lipinski definition) is 1. The van der Waals surface area contributed by atoms with Gasteiger partial charge in [0.05, 0.1) is 0 Å². The third-order valence-electron chi connectivity index (χ3n) is 2.38. The lowest BCUT2D eigenvalue weighted by Crippen LogP contribution is -2.23. The second-order valence-electron chi connectivity index (χ2n) is 2.88. The highest BCUT2D eigenvalue weighted by molar-refractivity contribution is 4.99. The Morgan fingerprint density at radius 1 is 1.43 bits per heavy atom. The predicted octanol–water partition coefficient (Wildman–Crippen LogP) is 0.757. The SMILES string of the molecule is CC1NC2CC1C2. The van der Waals surface area contributed by atoms with E-state index in [4.69, 9.17) is 0 Å². The molecule has 0 aromatic heterocycles. The van der Waals surface area contributed by atoms with Crippen LogP contribution in [0.5, 0.6) is 0 Å². The van der Waals surface area contributed by atoms with Gasteiger partial charge in [-0.25, -0.2) is 0 Å². The summed E-state index contributed by atoms with van der Waals surface area (Å²) < 4.78 is 0. The lowest BCUT2D eigenvalue weighted by molar-refractivity contribution is 0.356. The van der Waals surface area contributed by atoms with Crippen molar-refractivity contribution in [1.82, 2.24) is 5.32 Å². The van der Waals surface area contributed by atoms with E-state index < -0.39 is 0 Å². The predicted molar refractivity (Wildman–Crippen MR) is 29.1 cm³/mol. The van der Waals surface area contributed by atoms with Gasteiger partial charge in [-0.15, -0.1) is 0 Å². The van der Waals surface area contributed by atoms with E-state index in [1.54, 1.807) is 0 Å². The zero-order chi connectivity index (χ0) is 4.85. The minimum atomic E-state index is 0.838. The number of rotatable bonds is 0. The summed E-state index contributed by atoms with van der Waals surface area (Å²) in [4.78, 5) is 0. The molecule has 40 valence electrons. The minimum Gasteiger partial charge on any atom is -0.311 e. The molecule has 2 aliphatic heterocycles. The molecule has 0 aromatic rings. The van der Waals surface area contributed by atoms with Crippen molar-refractivity contribution in [3.63, 3.8) is 0 Å². The van der Waals surface area contributed by atoms with Crippen molar-refractivity contribution < 1.29 is 0 Å². The fourth-order valence-electron chi connectivity index (χ4n) is 1.71. The monoisotopic (exact) mass is 97.1 g/mol. The Labute approximate surface area is 44.1 Å². The summed E-state index contributed by atoms with van der Waals surface area (Å²) in [7, 11) is 0. The van der Waals surface area contributed by atoms with Gasteiger partial charge >= 0.3 is 0 Å². The number of fused-ring (bicyclic) bond motifs is 1. The first-order valence-corrected chi connectivity index (χ1v) is 3.12. The Morgan fingerprint density at radius 2 is 2.14 bits per heavy atom. The molecule has 0 aromatic carbocycles. The third-order valence-corrected chi connectivity index (χ3v) is 2.38. The molecule has 0 spiro atoms. The Balaban J connectivity index is 2.13. The van der Waals surface area contributed by atoms with Crippen LogP contribution < -0.4 is 5.32 Å². The van der Waals surface area contributed by atoms with Crippen LogP contribution in [0.25, 0.3) is 0 Å². The highest BCUT2D eigenvalue weighted by atomic mass is 15.0. The largest absolute Gasteiger partial charge is 0.311 e. The van der Waals surface area contributed by atoms with Gasteiger partial charge in [-0.05, 0) is 25.7 Å². The van der Waals surface area contributed by atoms with Crippen LogP contribution in [0.1, 0.15) is 19.8 Å². The fraction of sp³-hybridized carbons (Fsp3) is 1.00. The Morgan fingerprint density at radius 3 is 2.29 bits per heavy atom. The highest BCUT2D eigenvalue weighted by Crippen LogP contribution is 2.37. The van der Waals surface area contributed by atoms with Gasteiger partial charge in [-0.1, -0.05) is 0 Å². The van der Waals surface area contributed by atoms with Crippen LogP contribution in [0.2, 0.25) is 0 Å². The Kier molecular flexibility index (Phi) is 0.571. The maximum absolute atomic E-state index is 3.49. The molecule has 1 atom stereocenters. The van der Waals surface area contributed by atoms with Gasteiger partial charge in [0.1, 0.15) is 0 Å². The summed E-state index contributed by atoms with van der Waals surface area (Å²) in [5, 5.41) is 3.49. The summed E-state index contributed by atoms with van der Waals surface area (Å²) in [5.41, 5.74) is 0. The van der Waals surface area contributed by atoms with Crippen LogP contribution in [0.4, 0.5) is 0 Å². The van der Waals surface area contributed by atoms with Crippen molar-refractivity contribution in [3.8, 4) is 0 Å². The lowest BCUT2D eigenvalue weighted by atomic mass is 9.83. The Hall–Kier alpha value is -0.0400. The van der Waals surface area contributed by atoms with Crippen LogP contribution in [0, 0.1) is 5.92 Å². The van der Waals surface area contributed by atoms with E-state index in [2.05, 4.69) is 12.2 Å². The van der Waals surface area contributed by atoms with Crippen LogP contribution in [-0.4, -0.2) is 12.1 Å².